The lowest BCUT2D eigenvalue weighted by atomic mass is 10.0. The van der Waals surface area contributed by atoms with E-state index in [2.05, 4.69) is 5.32 Å². The normalized spacial score (nSPS) is 11.8. The Kier molecular flexibility index (Phi) is 4.18. The van der Waals surface area contributed by atoms with Gasteiger partial charge < -0.3 is 11.1 Å². The van der Waals surface area contributed by atoms with E-state index in [9.17, 15) is 13.2 Å². The predicted molar refractivity (Wildman–Crippen MR) is 58.1 cm³/mol. The standard InChI is InChI=1S/C11H15F3N2/c1-16-6-2-3-8-7-9(11(12,13)14)4-5-10(8)15/h4-5,7,16H,2-3,6,15H2,1H3. The van der Waals surface area contributed by atoms with Gasteiger partial charge in [0.25, 0.3) is 0 Å². The van der Waals surface area contributed by atoms with Crippen molar-refractivity contribution in [1.29, 1.82) is 0 Å². The number of nitrogens with two attached hydrogens (primary N) is 1. The second kappa shape index (κ2) is 5.21. The highest BCUT2D eigenvalue weighted by Crippen LogP contribution is 2.31. The molecule has 1 aromatic rings. The van der Waals surface area contributed by atoms with Crippen LogP contribution in [0.2, 0.25) is 0 Å². The van der Waals surface area contributed by atoms with Gasteiger partial charge in [-0.3, -0.25) is 0 Å². The number of aryl methyl sites for hydroxylation is 1. The van der Waals surface area contributed by atoms with Crippen molar-refractivity contribution in [3.8, 4) is 0 Å². The molecule has 0 radical (unpaired) electrons. The fourth-order valence-electron chi connectivity index (χ4n) is 1.45. The van der Waals surface area contributed by atoms with Gasteiger partial charge in [0, 0.05) is 5.69 Å². The van der Waals surface area contributed by atoms with Crippen LogP contribution in [-0.4, -0.2) is 13.6 Å². The first-order chi connectivity index (χ1) is 7.45. The number of alkyl halides is 3. The third-order valence-corrected chi connectivity index (χ3v) is 2.34. The zero-order chi connectivity index (χ0) is 12.2. The fraction of sp³-hybridized carbons (Fsp3) is 0.455. The molecule has 0 fully saturated rings. The van der Waals surface area contributed by atoms with Gasteiger partial charge in [-0.15, -0.1) is 0 Å². The molecule has 0 unspecified atom stereocenters. The first kappa shape index (κ1) is 12.8. The molecule has 0 atom stereocenters. The van der Waals surface area contributed by atoms with Crippen molar-refractivity contribution >= 4 is 5.69 Å². The molecule has 0 saturated heterocycles. The summed E-state index contributed by atoms with van der Waals surface area (Å²) in [6.45, 7) is 0.760. The van der Waals surface area contributed by atoms with Gasteiger partial charge in [-0.1, -0.05) is 0 Å². The number of hydrogen-bond donors (Lipinski definition) is 2. The summed E-state index contributed by atoms with van der Waals surface area (Å²) in [5, 5.41) is 2.94. The largest absolute Gasteiger partial charge is 0.416 e. The number of nitrogens with one attached hydrogen (secondary N) is 1. The third kappa shape index (κ3) is 3.41. The average molecular weight is 232 g/mol. The molecule has 16 heavy (non-hydrogen) atoms. The zero-order valence-electron chi connectivity index (χ0n) is 9.06. The van der Waals surface area contributed by atoms with E-state index in [4.69, 9.17) is 5.73 Å². The summed E-state index contributed by atoms with van der Waals surface area (Å²) in [6, 6.07) is 3.46. The maximum absolute atomic E-state index is 12.4. The van der Waals surface area contributed by atoms with Crippen molar-refractivity contribution < 1.29 is 13.2 Å². The number of anilines is 1. The smallest absolute Gasteiger partial charge is 0.399 e. The van der Waals surface area contributed by atoms with E-state index in [1.54, 1.807) is 7.05 Å². The molecule has 0 aliphatic carbocycles. The lowest BCUT2D eigenvalue weighted by Crippen LogP contribution is -2.10. The van der Waals surface area contributed by atoms with Crippen LogP contribution in [0.4, 0.5) is 18.9 Å². The highest BCUT2D eigenvalue weighted by Gasteiger charge is 2.30. The monoisotopic (exact) mass is 232 g/mol. The molecule has 0 heterocycles. The van der Waals surface area contributed by atoms with E-state index in [-0.39, 0.29) is 0 Å². The Bertz CT molecular complexity index is 348. The van der Waals surface area contributed by atoms with Crippen LogP contribution in [0, 0.1) is 0 Å². The van der Waals surface area contributed by atoms with Gasteiger partial charge in [0.1, 0.15) is 0 Å². The average Bonchev–Trinajstić information content (AvgIpc) is 2.19. The molecule has 90 valence electrons. The highest BCUT2D eigenvalue weighted by atomic mass is 19.4. The molecule has 1 rings (SSSR count). The summed E-state index contributed by atoms with van der Waals surface area (Å²) in [5.74, 6) is 0. The summed E-state index contributed by atoms with van der Waals surface area (Å²) < 4.78 is 37.3. The van der Waals surface area contributed by atoms with Gasteiger partial charge in [-0.05, 0) is 50.2 Å². The van der Waals surface area contributed by atoms with E-state index in [1.807, 2.05) is 0 Å². The Hall–Kier alpha value is -1.23. The molecule has 0 amide bonds. The van der Waals surface area contributed by atoms with E-state index in [1.165, 1.54) is 6.07 Å². The Balaban J connectivity index is 2.83. The molecule has 0 saturated carbocycles. The minimum atomic E-state index is -4.30. The van der Waals surface area contributed by atoms with Crippen molar-refractivity contribution in [2.45, 2.75) is 19.0 Å². The summed E-state index contributed by atoms with van der Waals surface area (Å²) >= 11 is 0. The third-order valence-electron chi connectivity index (χ3n) is 2.34. The molecule has 5 heteroatoms. The maximum Gasteiger partial charge on any atom is 0.416 e. The van der Waals surface area contributed by atoms with Crippen molar-refractivity contribution in [1.82, 2.24) is 5.32 Å². The van der Waals surface area contributed by atoms with E-state index in [0.29, 0.717) is 17.7 Å². The SMILES string of the molecule is CNCCCc1cc(C(F)(F)F)ccc1N. The summed E-state index contributed by atoms with van der Waals surface area (Å²) in [5.41, 5.74) is 5.97. The Morgan fingerprint density at radius 3 is 2.56 bits per heavy atom. The quantitative estimate of drug-likeness (QED) is 0.618. The molecule has 0 aliphatic rings. The van der Waals surface area contributed by atoms with Crippen LogP contribution in [0.25, 0.3) is 0 Å². The maximum atomic E-state index is 12.4. The van der Waals surface area contributed by atoms with E-state index in [0.717, 1.165) is 25.1 Å². The van der Waals surface area contributed by atoms with Crippen molar-refractivity contribution in [3.63, 3.8) is 0 Å². The molecular formula is C11H15F3N2. The van der Waals surface area contributed by atoms with Crippen LogP contribution in [0.5, 0.6) is 0 Å². The highest BCUT2D eigenvalue weighted by molar-refractivity contribution is 5.49. The molecule has 1 aromatic carbocycles. The second-order valence-corrected chi connectivity index (χ2v) is 3.62. The Morgan fingerprint density at radius 2 is 2.00 bits per heavy atom. The van der Waals surface area contributed by atoms with Crippen molar-refractivity contribution in [2.75, 3.05) is 19.3 Å². The van der Waals surface area contributed by atoms with Crippen LogP contribution in [0.3, 0.4) is 0 Å². The first-order valence-electron chi connectivity index (χ1n) is 5.05. The minimum absolute atomic E-state index is 0.420. The fourth-order valence-corrected chi connectivity index (χ4v) is 1.45. The molecule has 0 spiro atoms. The van der Waals surface area contributed by atoms with Crippen molar-refractivity contribution in [3.05, 3.63) is 29.3 Å². The van der Waals surface area contributed by atoms with Gasteiger partial charge >= 0.3 is 6.18 Å². The van der Waals surface area contributed by atoms with Gasteiger partial charge in [0.15, 0.2) is 0 Å². The number of rotatable bonds is 4. The van der Waals surface area contributed by atoms with Gasteiger partial charge in [0.05, 0.1) is 5.56 Å². The predicted octanol–water partition coefficient (Wildman–Crippen LogP) is 2.44. The number of nitrogen functional groups attached to an aromatic ring is 1. The molecule has 2 nitrogen and oxygen atoms in total. The minimum Gasteiger partial charge on any atom is -0.399 e. The van der Waals surface area contributed by atoms with E-state index >= 15 is 0 Å². The lowest BCUT2D eigenvalue weighted by molar-refractivity contribution is -0.137. The summed E-state index contributed by atoms with van der Waals surface area (Å²) in [7, 11) is 1.80. The number of halogens is 3. The Morgan fingerprint density at radius 1 is 1.31 bits per heavy atom. The molecule has 0 aromatic heterocycles. The van der Waals surface area contributed by atoms with Gasteiger partial charge in [0.2, 0.25) is 0 Å². The van der Waals surface area contributed by atoms with E-state index < -0.39 is 11.7 Å². The second-order valence-electron chi connectivity index (χ2n) is 3.62. The molecule has 0 aliphatic heterocycles. The van der Waals surface area contributed by atoms with Gasteiger partial charge in [-0.25, -0.2) is 0 Å². The summed E-state index contributed by atoms with van der Waals surface area (Å²) in [4.78, 5) is 0. The van der Waals surface area contributed by atoms with Crippen molar-refractivity contribution in [2.24, 2.45) is 0 Å². The van der Waals surface area contributed by atoms with Crippen LogP contribution in [0.1, 0.15) is 17.5 Å². The lowest BCUT2D eigenvalue weighted by Gasteiger charge is -2.11. The van der Waals surface area contributed by atoms with Crippen LogP contribution in [0.15, 0.2) is 18.2 Å². The summed E-state index contributed by atoms with van der Waals surface area (Å²) in [6.07, 6.45) is -2.98. The Labute approximate surface area is 92.6 Å². The molecule has 3 N–H and O–H groups in total. The van der Waals surface area contributed by atoms with Crippen LogP contribution < -0.4 is 11.1 Å². The zero-order valence-corrected chi connectivity index (χ0v) is 9.06. The first-order valence-corrected chi connectivity index (χ1v) is 5.05. The topological polar surface area (TPSA) is 38.0 Å². The van der Waals surface area contributed by atoms with Gasteiger partial charge in [-0.2, -0.15) is 13.2 Å². The molecule has 0 bridgehead atoms. The molecular weight excluding hydrogens is 217 g/mol. The number of hydrogen-bond acceptors (Lipinski definition) is 2. The van der Waals surface area contributed by atoms with Crippen LogP contribution >= 0.6 is 0 Å². The van der Waals surface area contributed by atoms with Crippen LogP contribution in [-0.2, 0) is 12.6 Å². The number of benzene rings is 1.